The van der Waals surface area contributed by atoms with Crippen LogP contribution in [0.4, 0.5) is 0 Å². The fourth-order valence-corrected chi connectivity index (χ4v) is 4.13. The summed E-state index contributed by atoms with van der Waals surface area (Å²) in [6.07, 6.45) is 7.30. The predicted molar refractivity (Wildman–Crippen MR) is 101 cm³/mol. The lowest BCUT2D eigenvalue weighted by atomic mass is 9.71. The normalized spacial score (nSPS) is 24.7. The van der Waals surface area contributed by atoms with Crippen LogP contribution < -0.4 is 5.32 Å². The van der Waals surface area contributed by atoms with Gasteiger partial charge in [-0.15, -0.1) is 6.58 Å². The SMILES string of the molecule is C=CCN1C(=O)[C@@H](CC(=O)NCCCOC)[C@]2(C(=O)OC)CCCCC=C12. The van der Waals surface area contributed by atoms with Crippen LogP contribution >= 0.6 is 0 Å². The summed E-state index contributed by atoms with van der Waals surface area (Å²) in [5.74, 6) is -1.64. The number of fused-ring (bicyclic) bond motifs is 1. The highest BCUT2D eigenvalue weighted by Gasteiger charge is 2.61. The number of allylic oxidation sites excluding steroid dienone is 1. The first kappa shape index (κ1) is 21.2. The first-order valence-corrected chi connectivity index (χ1v) is 9.49. The van der Waals surface area contributed by atoms with E-state index in [2.05, 4.69) is 11.9 Å². The Bertz CT molecular complexity index is 615. The van der Waals surface area contributed by atoms with Crippen LogP contribution in [0.1, 0.15) is 38.5 Å². The molecule has 1 saturated heterocycles. The van der Waals surface area contributed by atoms with Crippen LogP contribution in [-0.4, -0.2) is 56.6 Å². The van der Waals surface area contributed by atoms with Gasteiger partial charge in [-0.3, -0.25) is 14.4 Å². The van der Waals surface area contributed by atoms with Gasteiger partial charge in [-0.1, -0.05) is 18.6 Å². The summed E-state index contributed by atoms with van der Waals surface area (Å²) in [6, 6.07) is 0. The smallest absolute Gasteiger partial charge is 0.318 e. The van der Waals surface area contributed by atoms with Crippen LogP contribution in [0.3, 0.4) is 0 Å². The molecule has 2 atom stereocenters. The van der Waals surface area contributed by atoms with Crippen molar-refractivity contribution in [3.8, 4) is 0 Å². The Morgan fingerprint density at radius 1 is 1.41 bits per heavy atom. The third-order valence-corrected chi connectivity index (χ3v) is 5.37. The molecule has 1 aliphatic heterocycles. The quantitative estimate of drug-likeness (QED) is 0.376. The second-order valence-corrected chi connectivity index (χ2v) is 6.99. The van der Waals surface area contributed by atoms with Crippen molar-refractivity contribution in [1.29, 1.82) is 0 Å². The van der Waals surface area contributed by atoms with Crippen molar-refractivity contribution in [1.82, 2.24) is 10.2 Å². The van der Waals surface area contributed by atoms with Gasteiger partial charge >= 0.3 is 5.97 Å². The highest BCUT2D eigenvalue weighted by Crippen LogP contribution is 2.52. The minimum Gasteiger partial charge on any atom is -0.468 e. The van der Waals surface area contributed by atoms with E-state index in [9.17, 15) is 14.4 Å². The Balaban J connectivity index is 2.31. The van der Waals surface area contributed by atoms with Gasteiger partial charge in [-0.05, 0) is 25.7 Å². The van der Waals surface area contributed by atoms with E-state index in [0.717, 1.165) is 19.3 Å². The summed E-state index contributed by atoms with van der Waals surface area (Å²) in [7, 11) is 2.94. The van der Waals surface area contributed by atoms with Crippen LogP contribution in [0.25, 0.3) is 0 Å². The zero-order chi connectivity index (χ0) is 19.9. The van der Waals surface area contributed by atoms with E-state index in [1.165, 1.54) is 7.11 Å². The molecule has 2 aliphatic rings. The Labute approximate surface area is 160 Å². The Kier molecular flexibility index (Phi) is 7.59. The number of nitrogens with zero attached hydrogens (tertiary/aromatic N) is 1. The number of hydrogen-bond donors (Lipinski definition) is 1. The fraction of sp³-hybridized carbons (Fsp3) is 0.650. The summed E-state index contributed by atoms with van der Waals surface area (Å²) in [5, 5.41) is 2.82. The van der Waals surface area contributed by atoms with Gasteiger partial charge < -0.3 is 19.7 Å². The van der Waals surface area contributed by atoms with Crippen molar-refractivity contribution >= 4 is 17.8 Å². The number of carbonyl (C=O) groups excluding carboxylic acids is 3. The fourth-order valence-electron chi connectivity index (χ4n) is 4.13. The summed E-state index contributed by atoms with van der Waals surface area (Å²) in [6.45, 7) is 5.06. The summed E-state index contributed by atoms with van der Waals surface area (Å²) < 4.78 is 10.1. The molecule has 0 saturated carbocycles. The lowest BCUT2D eigenvalue weighted by Gasteiger charge is -2.31. The van der Waals surface area contributed by atoms with Crippen molar-refractivity contribution < 1.29 is 23.9 Å². The number of likely N-dealkylation sites (tertiary alicyclic amines) is 1. The maximum atomic E-state index is 13.1. The standard InChI is InChI=1S/C20H30N2O5/c1-4-12-22-16-9-6-5-7-10-20(16,19(25)27-3)15(18(22)24)14-17(23)21-11-8-13-26-2/h4,9,15H,1,5-8,10-14H2,2-3H3,(H,21,23)/t15-,20-/m1/s1. The van der Waals surface area contributed by atoms with E-state index < -0.39 is 17.3 Å². The van der Waals surface area contributed by atoms with Crippen LogP contribution in [-0.2, 0) is 23.9 Å². The highest BCUT2D eigenvalue weighted by molar-refractivity contribution is 5.98. The van der Waals surface area contributed by atoms with E-state index in [0.29, 0.717) is 38.2 Å². The molecule has 1 fully saturated rings. The Morgan fingerprint density at radius 2 is 2.19 bits per heavy atom. The summed E-state index contributed by atoms with van der Waals surface area (Å²) in [5.41, 5.74) is -0.413. The van der Waals surface area contributed by atoms with E-state index in [-0.39, 0.29) is 18.2 Å². The van der Waals surface area contributed by atoms with Gasteiger partial charge in [-0.2, -0.15) is 0 Å². The van der Waals surface area contributed by atoms with Crippen molar-refractivity contribution in [2.24, 2.45) is 11.3 Å². The monoisotopic (exact) mass is 378 g/mol. The molecular formula is C20H30N2O5. The first-order valence-electron chi connectivity index (χ1n) is 9.49. The molecule has 2 rings (SSSR count). The van der Waals surface area contributed by atoms with Crippen LogP contribution in [0.15, 0.2) is 24.4 Å². The van der Waals surface area contributed by atoms with E-state index in [4.69, 9.17) is 9.47 Å². The summed E-state index contributed by atoms with van der Waals surface area (Å²) >= 11 is 0. The number of rotatable bonds is 9. The van der Waals surface area contributed by atoms with Crippen LogP contribution in [0.2, 0.25) is 0 Å². The minimum absolute atomic E-state index is 0.0358. The van der Waals surface area contributed by atoms with Crippen LogP contribution in [0.5, 0.6) is 0 Å². The van der Waals surface area contributed by atoms with E-state index >= 15 is 0 Å². The summed E-state index contributed by atoms with van der Waals surface area (Å²) in [4.78, 5) is 40.1. The van der Waals surface area contributed by atoms with Crippen molar-refractivity contribution in [2.75, 3.05) is 33.9 Å². The first-order chi connectivity index (χ1) is 13.0. The van der Waals surface area contributed by atoms with Crippen molar-refractivity contribution in [2.45, 2.75) is 38.5 Å². The molecule has 7 heteroatoms. The molecule has 0 radical (unpaired) electrons. The highest BCUT2D eigenvalue weighted by atomic mass is 16.5. The second kappa shape index (κ2) is 9.69. The lowest BCUT2D eigenvalue weighted by Crippen LogP contribution is -2.41. The molecule has 0 aromatic rings. The molecule has 0 spiro atoms. The number of ether oxygens (including phenoxy) is 2. The predicted octanol–water partition coefficient (Wildman–Crippen LogP) is 1.79. The molecule has 27 heavy (non-hydrogen) atoms. The van der Waals surface area contributed by atoms with Crippen molar-refractivity contribution in [3.63, 3.8) is 0 Å². The lowest BCUT2D eigenvalue weighted by molar-refractivity contribution is -0.155. The van der Waals surface area contributed by atoms with Gasteiger partial charge in [0.25, 0.3) is 0 Å². The minimum atomic E-state index is -1.09. The molecule has 0 unspecified atom stereocenters. The van der Waals surface area contributed by atoms with Gasteiger partial charge in [0.2, 0.25) is 11.8 Å². The number of hydrogen-bond acceptors (Lipinski definition) is 5. The average Bonchev–Trinajstić information content (AvgIpc) is 2.82. The molecule has 1 heterocycles. The zero-order valence-electron chi connectivity index (χ0n) is 16.3. The Morgan fingerprint density at radius 3 is 2.85 bits per heavy atom. The molecule has 7 nitrogen and oxygen atoms in total. The van der Waals surface area contributed by atoms with Gasteiger partial charge in [0.1, 0.15) is 5.41 Å². The second-order valence-electron chi connectivity index (χ2n) is 6.99. The van der Waals surface area contributed by atoms with Gasteiger partial charge in [0.15, 0.2) is 0 Å². The zero-order valence-corrected chi connectivity index (χ0v) is 16.3. The van der Waals surface area contributed by atoms with Gasteiger partial charge in [0.05, 0.1) is 13.0 Å². The molecular weight excluding hydrogens is 348 g/mol. The number of carbonyl (C=O) groups is 3. The molecule has 0 aromatic carbocycles. The Hall–Kier alpha value is -2.15. The maximum Gasteiger partial charge on any atom is 0.318 e. The van der Waals surface area contributed by atoms with Gasteiger partial charge in [0, 0.05) is 38.9 Å². The molecule has 1 N–H and O–H groups in total. The molecule has 150 valence electrons. The molecule has 2 amide bonds. The number of methoxy groups -OCH3 is 2. The number of amides is 2. The third kappa shape index (κ3) is 4.24. The van der Waals surface area contributed by atoms with E-state index in [1.54, 1.807) is 18.1 Å². The number of nitrogens with one attached hydrogen (secondary N) is 1. The van der Waals surface area contributed by atoms with Crippen LogP contribution in [0, 0.1) is 11.3 Å². The topological polar surface area (TPSA) is 84.9 Å². The third-order valence-electron chi connectivity index (χ3n) is 5.37. The average molecular weight is 378 g/mol. The number of esters is 1. The van der Waals surface area contributed by atoms with Crippen molar-refractivity contribution in [3.05, 3.63) is 24.4 Å². The van der Waals surface area contributed by atoms with Gasteiger partial charge in [-0.25, -0.2) is 0 Å². The molecule has 1 aliphatic carbocycles. The largest absolute Gasteiger partial charge is 0.468 e. The van der Waals surface area contributed by atoms with E-state index in [1.807, 2.05) is 6.08 Å². The molecule has 0 bridgehead atoms. The molecule has 0 aromatic heterocycles. The maximum absolute atomic E-state index is 13.1.